The number of carbonyl (C=O) groups is 2. The van der Waals surface area contributed by atoms with Gasteiger partial charge in [0.2, 0.25) is 11.6 Å². The van der Waals surface area contributed by atoms with Crippen LogP contribution in [0.3, 0.4) is 0 Å². The number of fused-ring (bicyclic) bond motifs is 1. The molecule has 3 rings (SSSR count). The number of furan rings is 1. The van der Waals surface area contributed by atoms with E-state index in [1.54, 1.807) is 11.9 Å². The van der Waals surface area contributed by atoms with Crippen LogP contribution in [0.2, 0.25) is 0 Å². The minimum atomic E-state index is -1.14. The average Bonchev–Trinajstić information content (AvgIpc) is 2.90. The quantitative estimate of drug-likeness (QED) is 0.941. The molecule has 2 amide bonds. The van der Waals surface area contributed by atoms with Crippen molar-refractivity contribution in [3.63, 3.8) is 0 Å². The van der Waals surface area contributed by atoms with Gasteiger partial charge < -0.3 is 14.4 Å². The maximum Gasteiger partial charge on any atom is 0.371 e. The van der Waals surface area contributed by atoms with Gasteiger partial charge in [-0.3, -0.25) is 4.90 Å². The number of carbonyl (C=O) groups excluding carboxylic acids is 1. The summed E-state index contributed by atoms with van der Waals surface area (Å²) in [7, 11) is 1.58. The Balaban J connectivity index is 1.88. The maximum absolute atomic E-state index is 12.3. The van der Waals surface area contributed by atoms with E-state index in [4.69, 9.17) is 9.52 Å². The minimum absolute atomic E-state index is 0.152. The van der Waals surface area contributed by atoms with E-state index in [-0.39, 0.29) is 11.8 Å². The zero-order chi connectivity index (χ0) is 15.0. The Morgan fingerprint density at radius 2 is 2.05 bits per heavy atom. The van der Waals surface area contributed by atoms with Crippen molar-refractivity contribution in [2.24, 2.45) is 0 Å². The molecule has 1 aliphatic heterocycles. The molecular weight excluding hydrogens is 272 g/mol. The first-order chi connectivity index (χ1) is 10.1. The van der Waals surface area contributed by atoms with Crippen LogP contribution in [0, 0.1) is 0 Å². The van der Waals surface area contributed by atoms with Crippen molar-refractivity contribution in [3.05, 3.63) is 53.3 Å². The van der Waals surface area contributed by atoms with Crippen LogP contribution >= 0.6 is 0 Å². The Kier molecular flexibility index (Phi) is 3.13. The summed E-state index contributed by atoms with van der Waals surface area (Å²) in [6.07, 6.45) is 0. The molecule has 0 fully saturated rings. The number of nitrogens with zero attached hydrogens (tertiary/aromatic N) is 2. The smallest absolute Gasteiger partial charge is 0.371 e. The first-order valence-electron chi connectivity index (χ1n) is 6.49. The Morgan fingerprint density at radius 1 is 1.33 bits per heavy atom. The highest BCUT2D eigenvalue weighted by molar-refractivity contribution is 5.94. The van der Waals surface area contributed by atoms with E-state index in [0.717, 1.165) is 5.56 Å². The number of aromatic carboxylic acids is 1. The third-order valence-corrected chi connectivity index (χ3v) is 3.44. The van der Waals surface area contributed by atoms with Gasteiger partial charge in [0.1, 0.15) is 0 Å². The summed E-state index contributed by atoms with van der Waals surface area (Å²) < 4.78 is 5.23. The molecule has 0 atom stereocenters. The highest BCUT2D eigenvalue weighted by Gasteiger charge is 2.32. The van der Waals surface area contributed by atoms with E-state index in [1.807, 2.05) is 30.3 Å². The third kappa shape index (κ3) is 2.35. The number of benzene rings is 1. The van der Waals surface area contributed by atoms with Crippen molar-refractivity contribution in [2.75, 3.05) is 11.9 Å². The number of hydrogen-bond donors (Lipinski definition) is 1. The molecule has 0 unspecified atom stereocenters. The van der Waals surface area contributed by atoms with Gasteiger partial charge in [-0.1, -0.05) is 30.3 Å². The van der Waals surface area contributed by atoms with Gasteiger partial charge in [-0.25, -0.2) is 9.59 Å². The van der Waals surface area contributed by atoms with Crippen LogP contribution < -0.4 is 4.90 Å². The van der Waals surface area contributed by atoms with E-state index in [2.05, 4.69) is 0 Å². The Bertz CT molecular complexity index is 693. The van der Waals surface area contributed by atoms with Crippen LogP contribution in [0.15, 0.2) is 40.8 Å². The van der Waals surface area contributed by atoms with Gasteiger partial charge in [0.05, 0.1) is 6.54 Å². The Labute approximate surface area is 121 Å². The van der Waals surface area contributed by atoms with E-state index in [9.17, 15) is 9.59 Å². The molecule has 2 aromatic rings. The minimum Gasteiger partial charge on any atom is -0.475 e. The van der Waals surface area contributed by atoms with Gasteiger partial charge in [-0.2, -0.15) is 0 Å². The van der Waals surface area contributed by atoms with Gasteiger partial charge in [-0.15, -0.1) is 0 Å². The first-order valence-corrected chi connectivity index (χ1v) is 6.49. The summed E-state index contributed by atoms with van der Waals surface area (Å²) in [4.78, 5) is 26.3. The lowest BCUT2D eigenvalue weighted by molar-refractivity contribution is 0.0663. The molecular formula is C15H14N2O4. The van der Waals surface area contributed by atoms with E-state index >= 15 is 0 Å². The molecule has 6 heteroatoms. The number of carboxylic acid groups (broad SMARTS) is 1. The van der Waals surface area contributed by atoms with Gasteiger partial charge in [-0.05, 0) is 11.6 Å². The van der Waals surface area contributed by atoms with Crippen molar-refractivity contribution in [1.82, 2.24) is 4.90 Å². The highest BCUT2D eigenvalue weighted by atomic mass is 16.4. The van der Waals surface area contributed by atoms with Crippen LogP contribution in [-0.2, 0) is 13.1 Å². The van der Waals surface area contributed by atoms with Crippen molar-refractivity contribution < 1.29 is 19.1 Å². The van der Waals surface area contributed by atoms with Crippen molar-refractivity contribution >= 4 is 17.9 Å². The van der Waals surface area contributed by atoms with Gasteiger partial charge in [0, 0.05) is 19.2 Å². The second-order valence-corrected chi connectivity index (χ2v) is 4.93. The van der Waals surface area contributed by atoms with Crippen molar-refractivity contribution in [1.29, 1.82) is 0 Å². The predicted octanol–water partition coefficient (Wildman–Crippen LogP) is 2.55. The number of urea groups is 1. The summed E-state index contributed by atoms with van der Waals surface area (Å²) in [6, 6.07) is 10.9. The van der Waals surface area contributed by atoms with E-state index < -0.39 is 5.97 Å². The molecule has 1 aromatic carbocycles. The molecule has 1 N–H and O–H groups in total. The SMILES string of the molecule is CN1C(=O)N(Cc2ccccc2)Cc2cc(C(=O)O)oc21. The molecule has 0 saturated carbocycles. The lowest BCUT2D eigenvalue weighted by atomic mass is 10.1. The molecule has 1 aliphatic rings. The van der Waals surface area contributed by atoms with Crippen molar-refractivity contribution in [2.45, 2.75) is 13.1 Å². The summed E-state index contributed by atoms with van der Waals surface area (Å²) in [5.41, 5.74) is 1.72. The zero-order valence-corrected chi connectivity index (χ0v) is 11.4. The molecule has 2 heterocycles. The van der Waals surface area contributed by atoms with Gasteiger partial charge in [0.15, 0.2) is 0 Å². The topological polar surface area (TPSA) is 74.0 Å². The van der Waals surface area contributed by atoms with Crippen molar-refractivity contribution in [3.8, 4) is 0 Å². The molecule has 108 valence electrons. The molecule has 0 saturated heterocycles. The average molecular weight is 286 g/mol. The molecule has 6 nitrogen and oxygen atoms in total. The molecule has 0 aliphatic carbocycles. The standard InChI is InChI=1S/C15H14N2O4/c1-16-13-11(7-12(21-13)14(18)19)9-17(15(16)20)8-10-5-3-2-4-6-10/h2-7H,8-9H2,1H3,(H,18,19). The first kappa shape index (κ1) is 13.2. The molecule has 21 heavy (non-hydrogen) atoms. The highest BCUT2D eigenvalue weighted by Crippen LogP contribution is 2.31. The van der Waals surface area contributed by atoms with Crippen LogP contribution in [-0.4, -0.2) is 29.1 Å². The van der Waals surface area contributed by atoms with Crippen LogP contribution in [0.5, 0.6) is 0 Å². The predicted molar refractivity (Wildman–Crippen MR) is 75.2 cm³/mol. The largest absolute Gasteiger partial charge is 0.475 e. The lowest BCUT2D eigenvalue weighted by Crippen LogP contribution is -2.44. The third-order valence-electron chi connectivity index (χ3n) is 3.44. The number of rotatable bonds is 3. The number of anilines is 1. The molecule has 0 bridgehead atoms. The second-order valence-electron chi connectivity index (χ2n) is 4.93. The van der Waals surface area contributed by atoms with Crippen LogP contribution in [0.25, 0.3) is 0 Å². The summed E-state index contributed by atoms with van der Waals surface area (Å²) in [5.74, 6) is -0.984. The van der Waals surface area contributed by atoms with Crippen LogP contribution in [0.4, 0.5) is 10.7 Å². The number of amides is 2. The molecule has 0 spiro atoms. The fraction of sp³-hybridized carbons (Fsp3) is 0.200. The second kappa shape index (κ2) is 4.97. The Morgan fingerprint density at radius 3 is 2.71 bits per heavy atom. The summed E-state index contributed by atoms with van der Waals surface area (Å²) >= 11 is 0. The summed E-state index contributed by atoms with van der Waals surface area (Å²) in [5, 5.41) is 8.98. The maximum atomic E-state index is 12.3. The van der Waals surface area contributed by atoms with Gasteiger partial charge >= 0.3 is 12.0 Å². The molecule has 1 aromatic heterocycles. The van der Waals surface area contributed by atoms with E-state index in [1.165, 1.54) is 11.0 Å². The number of hydrogen-bond acceptors (Lipinski definition) is 3. The fourth-order valence-corrected chi connectivity index (χ4v) is 2.42. The van der Waals surface area contributed by atoms with Gasteiger partial charge in [0.25, 0.3) is 0 Å². The number of carboxylic acids is 1. The summed E-state index contributed by atoms with van der Waals surface area (Å²) in [6.45, 7) is 0.807. The zero-order valence-electron chi connectivity index (χ0n) is 11.4. The van der Waals surface area contributed by atoms with E-state index in [0.29, 0.717) is 24.5 Å². The van der Waals surface area contributed by atoms with Crippen LogP contribution in [0.1, 0.15) is 21.7 Å². The normalized spacial score (nSPS) is 14.2. The fourth-order valence-electron chi connectivity index (χ4n) is 2.42. The monoisotopic (exact) mass is 286 g/mol. The lowest BCUT2D eigenvalue weighted by Gasteiger charge is -2.32. The molecule has 0 radical (unpaired) electrons. The Hall–Kier alpha value is -2.76.